The highest BCUT2D eigenvalue weighted by atomic mass is 32.2. The van der Waals surface area contributed by atoms with Crippen molar-refractivity contribution in [3.05, 3.63) is 83.4 Å². The molecule has 17 heteroatoms. The quantitative estimate of drug-likeness (QED) is 0.0371. The Hall–Kier alpha value is -5.91. The summed E-state index contributed by atoms with van der Waals surface area (Å²) in [6.07, 6.45) is 6.10. The van der Waals surface area contributed by atoms with Crippen molar-refractivity contribution in [2.75, 3.05) is 49.4 Å². The molecule has 0 radical (unpaired) electrons. The minimum absolute atomic E-state index is 0.0248. The number of imidazole rings is 1. The molecule has 4 aromatic rings. The monoisotopic (exact) mass is 839 g/mol. The number of hydrogen-bond acceptors (Lipinski definition) is 11. The molecule has 0 saturated carbocycles. The number of unbranched alkanes of at least 4 members (excludes halogenated alkanes) is 5. The van der Waals surface area contributed by atoms with E-state index in [9.17, 15) is 33.6 Å². The average Bonchev–Trinajstić information content (AvgIpc) is 3.77. The molecule has 0 aliphatic carbocycles. The summed E-state index contributed by atoms with van der Waals surface area (Å²) in [6.45, 7) is 2.67. The number of rotatable bonds is 23. The van der Waals surface area contributed by atoms with Crippen LogP contribution in [0, 0.1) is 0 Å². The first-order valence-corrected chi connectivity index (χ1v) is 21.2. The number of imide groups is 2. The van der Waals surface area contributed by atoms with Crippen LogP contribution < -0.4 is 21.3 Å². The number of anilines is 2. The highest BCUT2D eigenvalue weighted by Crippen LogP contribution is 2.32. The molecule has 60 heavy (non-hydrogen) atoms. The average molecular weight is 840 g/mol. The molecular weight excluding hydrogens is 791 g/mol. The lowest BCUT2D eigenvalue weighted by atomic mass is 10.0. The zero-order valence-corrected chi connectivity index (χ0v) is 34.0. The van der Waals surface area contributed by atoms with Crippen LogP contribution in [0.15, 0.2) is 71.9 Å². The molecule has 316 valence electrons. The van der Waals surface area contributed by atoms with Crippen molar-refractivity contribution >= 4 is 75.5 Å². The van der Waals surface area contributed by atoms with E-state index in [1.54, 1.807) is 36.4 Å². The van der Waals surface area contributed by atoms with E-state index < -0.39 is 29.7 Å². The molecule has 3 aromatic carbocycles. The second-order valence-electron chi connectivity index (χ2n) is 14.4. The summed E-state index contributed by atoms with van der Waals surface area (Å²) in [5.41, 5.74) is 3.17. The number of benzene rings is 3. The molecule has 1 unspecified atom stereocenters. The van der Waals surface area contributed by atoms with E-state index in [4.69, 9.17) is 9.47 Å². The van der Waals surface area contributed by atoms with Crippen LogP contribution in [0.2, 0.25) is 0 Å². The molecule has 1 fully saturated rings. The Labute approximate surface area is 351 Å². The Bertz CT molecular complexity index is 2180. The molecule has 0 spiro atoms. The van der Waals surface area contributed by atoms with Gasteiger partial charge in [-0.25, -0.2) is 4.98 Å². The van der Waals surface area contributed by atoms with Crippen molar-refractivity contribution in [3.63, 3.8) is 0 Å². The third kappa shape index (κ3) is 12.1. The first-order chi connectivity index (χ1) is 29.2. The molecule has 2 aliphatic heterocycles. The number of para-hydroxylation sites is 2. The molecule has 3 heterocycles. The fourth-order valence-electron chi connectivity index (χ4n) is 6.87. The van der Waals surface area contributed by atoms with E-state index >= 15 is 0 Å². The van der Waals surface area contributed by atoms with E-state index in [1.165, 1.54) is 17.8 Å². The van der Waals surface area contributed by atoms with Crippen LogP contribution >= 0.6 is 11.8 Å². The van der Waals surface area contributed by atoms with Gasteiger partial charge in [0.15, 0.2) is 5.16 Å². The van der Waals surface area contributed by atoms with E-state index in [2.05, 4.69) is 31.2 Å². The van der Waals surface area contributed by atoms with Crippen molar-refractivity contribution in [1.29, 1.82) is 0 Å². The van der Waals surface area contributed by atoms with Gasteiger partial charge in [-0.05, 0) is 74.6 Å². The van der Waals surface area contributed by atoms with E-state index in [-0.39, 0.29) is 59.6 Å². The third-order valence-electron chi connectivity index (χ3n) is 9.92. The maximum absolute atomic E-state index is 13.2. The summed E-state index contributed by atoms with van der Waals surface area (Å²) < 4.78 is 11.3. The number of nitrogens with zero attached hydrogens (tertiary/aromatic N) is 2. The highest BCUT2D eigenvalue weighted by molar-refractivity contribution is 7.99. The molecule has 1 saturated heterocycles. The number of fused-ring (bicyclic) bond motifs is 2. The zero-order chi connectivity index (χ0) is 42.3. The van der Waals surface area contributed by atoms with Gasteiger partial charge >= 0.3 is 0 Å². The molecule has 2 aliphatic rings. The number of hydrogen-bond donors (Lipinski definition) is 5. The fourth-order valence-corrected chi connectivity index (χ4v) is 7.56. The summed E-state index contributed by atoms with van der Waals surface area (Å²) in [5, 5.41) is 11.4. The highest BCUT2D eigenvalue weighted by Gasteiger charge is 2.45. The molecule has 16 nitrogen and oxygen atoms in total. The third-order valence-corrected chi connectivity index (χ3v) is 10.8. The summed E-state index contributed by atoms with van der Waals surface area (Å²) in [7, 11) is 0. The largest absolute Gasteiger partial charge is 0.379 e. The smallest absolute Gasteiger partial charge is 0.264 e. The van der Waals surface area contributed by atoms with Crippen LogP contribution in [0.25, 0.3) is 11.0 Å². The number of H-pyrrole nitrogens is 1. The van der Waals surface area contributed by atoms with Gasteiger partial charge in [0, 0.05) is 43.9 Å². The van der Waals surface area contributed by atoms with Crippen LogP contribution in [-0.2, 0) is 28.7 Å². The van der Waals surface area contributed by atoms with Gasteiger partial charge in [-0.2, -0.15) is 0 Å². The summed E-state index contributed by atoms with van der Waals surface area (Å²) >= 11 is 1.31. The predicted octanol–water partition coefficient (Wildman–Crippen LogP) is 5.22. The van der Waals surface area contributed by atoms with Crippen LogP contribution in [0.3, 0.4) is 0 Å². The number of carbonyl (C=O) groups is 7. The zero-order valence-electron chi connectivity index (χ0n) is 33.2. The van der Waals surface area contributed by atoms with Gasteiger partial charge in [0.05, 0.1) is 46.8 Å². The van der Waals surface area contributed by atoms with Gasteiger partial charge in [-0.15, -0.1) is 0 Å². The topological polar surface area (TPSA) is 218 Å². The van der Waals surface area contributed by atoms with Gasteiger partial charge in [-0.1, -0.05) is 55.3 Å². The van der Waals surface area contributed by atoms with Gasteiger partial charge in [0.1, 0.15) is 6.04 Å². The Morgan fingerprint density at radius 2 is 1.53 bits per heavy atom. The van der Waals surface area contributed by atoms with Crippen LogP contribution in [0.4, 0.5) is 11.4 Å². The Morgan fingerprint density at radius 1 is 0.783 bits per heavy atom. The fraction of sp³-hybridized carbons (Fsp3) is 0.395. The van der Waals surface area contributed by atoms with Gasteiger partial charge in [0.2, 0.25) is 23.6 Å². The lowest BCUT2D eigenvalue weighted by molar-refractivity contribution is -0.136. The molecule has 6 rings (SSSR count). The van der Waals surface area contributed by atoms with Crippen molar-refractivity contribution in [3.8, 4) is 0 Å². The minimum Gasteiger partial charge on any atom is -0.379 e. The van der Waals surface area contributed by atoms with E-state index in [0.29, 0.717) is 55.8 Å². The number of amides is 7. The number of aromatic nitrogens is 2. The van der Waals surface area contributed by atoms with Gasteiger partial charge in [-0.3, -0.25) is 43.8 Å². The Morgan fingerprint density at radius 3 is 2.32 bits per heavy atom. The summed E-state index contributed by atoms with van der Waals surface area (Å²) in [6, 6.07) is 18.1. The second kappa shape index (κ2) is 21.9. The summed E-state index contributed by atoms with van der Waals surface area (Å²) in [4.78, 5) is 96.6. The number of aromatic amines is 1. The number of ether oxygens (including phenoxy) is 2. The van der Waals surface area contributed by atoms with E-state index in [0.717, 1.165) is 54.5 Å². The molecule has 7 amide bonds. The lowest BCUT2D eigenvalue weighted by Gasteiger charge is -2.27. The Balaban J connectivity index is 0.742. The van der Waals surface area contributed by atoms with Crippen molar-refractivity contribution in [2.45, 2.75) is 75.4 Å². The standard InChI is InChI=1S/C43H49N7O9S/c51-35(46-33-17-11-14-30-38(33)42(57)50(41(30)56)34-19-20-36(52)49-40(34)55)18-4-3-9-23-59-25-24-58-22-8-2-1-7-21-44-39(54)28-12-10-13-29(26-28)45-37(53)27-60-43-47-31-15-5-6-16-32(31)48-43/h5-6,10-17,26,34H,1-4,7-9,18-25,27H2,(H,44,54)(H,45,53)(H,46,51)(H,47,48)(H,49,52,55). The number of nitrogens with one attached hydrogen (secondary N) is 5. The SMILES string of the molecule is O=C1CCC(N2C(=O)c3cccc(NC(=O)CCCCCOCCOCCCCCCNC(=O)c4cccc(NC(=O)CSc5nc6ccccc6[nH]5)c4)c3C2=O)C(=O)N1. The number of thioether (sulfide) groups is 1. The molecule has 5 N–H and O–H groups in total. The van der Waals surface area contributed by atoms with Gasteiger partial charge < -0.3 is 30.4 Å². The first-order valence-electron chi connectivity index (χ1n) is 20.2. The minimum atomic E-state index is -1.08. The normalized spacial score (nSPS) is 14.9. The molecule has 0 bridgehead atoms. The second-order valence-corrected chi connectivity index (χ2v) is 15.4. The summed E-state index contributed by atoms with van der Waals surface area (Å²) in [5.74, 6) is -2.93. The van der Waals surface area contributed by atoms with Crippen molar-refractivity contribution < 1.29 is 43.0 Å². The molecule has 1 atom stereocenters. The number of carbonyl (C=O) groups excluding carboxylic acids is 7. The molecular formula is C43H49N7O9S. The van der Waals surface area contributed by atoms with Crippen LogP contribution in [0.5, 0.6) is 0 Å². The van der Waals surface area contributed by atoms with Crippen LogP contribution in [0.1, 0.15) is 95.3 Å². The maximum Gasteiger partial charge on any atom is 0.264 e. The maximum atomic E-state index is 13.2. The molecule has 1 aromatic heterocycles. The predicted molar refractivity (Wildman–Crippen MR) is 225 cm³/mol. The lowest BCUT2D eigenvalue weighted by Crippen LogP contribution is -2.54. The van der Waals surface area contributed by atoms with E-state index in [1.807, 2.05) is 24.3 Å². The van der Waals surface area contributed by atoms with Crippen molar-refractivity contribution in [2.24, 2.45) is 0 Å². The number of piperidine rings is 1. The Kier molecular flexibility index (Phi) is 15.9. The van der Waals surface area contributed by atoms with Crippen LogP contribution in [-0.4, -0.2) is 101 Å². The first kappa shape index (κ1) is 43.7. The van der Waals surface area contributed by atoms with Gasteiger partial charge in [0.25, 0.3) is 17.7 Å². The van der Waals surface area contributed by atoms with Crippen molar-refractivity contribution in [1.82, 2.24) is 25.5 Å².